The third-order valence-electron chi connectivity index (χ3n) is 5.42. The molecule has 0 unspecified atom stereocenters. The topological polar surface area (TPSA) is 53.3 Å². The molecule has 3 aromatic rings. The lowest BCUT2D eigenvalue weighted by molar-refractivity contribution is 0.223. The zero-order valence-corrected chi connectivity index (χ0v) is 17.9. The third-order valence-corrected chi connectivity index (χ3v) is 6.09. The average molecular weight is 427 g/mol. The lowest BCUT2D eigenvalue weighted by atomic mass is 9.97. The van der Waals surface area contributed by atoms with E-state index in [0.29, 0.717) is 16.7 Å². The Morgan fingerprint density at radius 1 is 1.17 bits per heavy atom. The Labute approximate surface area is 180 Å². The van der Waals surface area contributed by atoms with Crippen molar-refractivity contribution in [1.82, 2.24) is 19.8 Å². The van der Waals surface area contributed by atoms with Gasteiger partial charge < -0.3 is 19.9 Å². The van der Waals surface area contributed by atoms with Crippen LogP contribution in [0.2, 0.25) is 5.02 Å². The van der Waals surface area contributed by atoms with Gasteiger partial charge in [-0.1, -0.05) is 29.8 Å². The number of nitrogens with one attached hydrogen (secondary N) is 1. The summed E-state index contributed by atoms with van der Waals surface area (Å²) in [5.74, 6) is 0. The van der Waals surface area contributed by atoms with Crippen LogP contribution in [0.1, 0.15) is 34.7 Å². The van der Waals surface area contributed by atoms with Crippen molar-refractivity contribution in [3.05, 3.63) is 82.4 Å². The standard InChI is InChI=1S/C22H23ClN4OS/c1-14-13-16(15(2)27(14)19-9-4-3-7-17(19)23)21-20(18-8-5-6-10-24-18)25-22(29)26(21)11-12-28/h3-10,13,20-21,28H,11-12H2,1-2H3,(H,25,29)/t20-,21-/m0/s1. The van der Waals surface area contributed by atoms with Crippen LogP contribution in [0.3, 0.4) is 0 Å². The largest absolute Gasteiger partial charge is 0.395 e. The van der Waals surface area contributed by atoms with Gasteiger partial charge in [-0.05, 0) is 62.0 Å². The number of para-hydroxylation sites is 1. The second-order valence-electron chi connectivity index (χ2n) is 7.16. The van der Waals surface area contributed by atoms with Crippen LogP contribution in [0.4, 0.5) is 0 Å². The van der Waals surface area contributed by atoms with Gasteiger partial charge in [-0.2, -0.15) is 0 Å². The molecule has 0 aliphatic carbocycles. The van der Waals surface area contributed by atoms with Gasteiger partial charge >= 0.3 is 0 Å². The predicted octanol–water partition coefficient (Wildman–Crippen LogP) is 4.11. The van der Waals surface area contributed by atoms with Gasteiger partial charge in [0.2, 0.25) is 0 Å². The van der Waals surface area contributed by atoms with Gasteiger partial charge in [0.05, 0.1) is 35.1 Å². The number of benzene rings is 1. The van der Waals surface area contributed by atoms with E-state index in [0.717, 1.165) is 28.3 Å². The molecular weight excluding hydrogens is 404 g/mol. The van der Waals surface area contributed by atoms with E-state index in [4.69, 9.17) is 23.8 Å². The smallest absolute Gasteiger partial charge is 0.170 e. The van der Waals surface area contributed by atoms with Gasteiger partial charge in [0.25, 0.3) is 0 Å². The summed E-state index contributed by atoms with van der Waals surface area (Å²) in [4.78, 5) is 6.61. The molecule has 150 valence electrons. The van der Waals surface area contributed by atoms with Crippen molar-refractivity contribution >= 4 is 28.9 Å². The number of aryl methyl sites for hydroxylation is 1. The summed E-state index contributed by atoms with van der Waals surface area (Å²) in [7, 11) is 0. The normalized spacial score (nSPS) is 18.9. The maximum Gasteiger partial charge on any atom is 0.170 e. The summed E-state index contributed by atoms with van der Waals surface area (Å²) in [6.45, 7) is 4.65. The number of aliphatic hydroxyl groups excluding tert-OH is 1. The van der Waals surface area contributed by atoms with Gasteiger partial charge in [0.15, 0.2) is 5.11 Å². The first-order valence-electron chi connectivity index (χ1n) is 9.55. The molecule has 0 spiro atoms. The Balaban J connectivity index is 1.85. The number of aromatic nitrogens is 2. The van der Waals surface area contributed by atoms with Crippen LogP contribution in [-0.2, 0) is 0 Å². The molecule has 0 radical (unpaired) electrons. The molecule has 7 heteroatoms. The minimum absolute atomic E-state index is 0.0243. The Bertz CT molecular complexity index is 1040. The first kappa shape index (κ1) is 19.9. The average Bonchev–Trinajstić information content (AvgIpc) is 3.19. The Kier molecular flexibility index (Phi) is 5.58. The molecule has 1 aliphatic heterocycles. The summed E-state index contributed by atoms with van der Waals surface area (Å²) in [6.07, 6.45) is 1.79. The highest BCUT2D eigenvalue weighted by molar-refractivity contribution is 7.80. The maximum absolute atomic E-state index is 9.64. The van der Waals surface area contributed by atoms with Crippen molar-refractivity contribution in [1.29, 1.82) is 0 Å². The number of aliphatic hydroxyl groups is 1. The van der Waals surface area contributed by atoms with Crippen LogP contribution in [0.5, 0.6) is 0 Å². The van der Waals surface area contributed by atoms with E-state index in [1.54, 1.807) is 6.20 Å². The molecule has 1 aromatic carbocycles. The maximum atomic E-state index is 9.64. The summed E-state index contributed by atoms with van der Waals surface area (Å²) in [5.41, 5.74) is 5.19. The summed E-state index contributed by atoms with van der Waals surface area (Å²) in [6, 6.07) is 15.7. The molecule has 3 heterocycles. The van der Waals surface area contributed by atoms with E-state index in [1.165, 1.54) is 0 Å². The van der Waals surface area contributed by atoms with Crippen LogP contribution >= 0.6 is 23.8 Å². The van der Waals surface area contributed by atoms with Crippen LogP contribution in [0.15, 0.2) is 54.7 Å². The first-order chi connectivity index (χ1) is 14.0. The monoisotopic (exact) mass is 426 g/mol. The molecule has 1 fully saturated rings. The van der Waals surface area contributed by atoms with Crippen molar-refractivity contribution in [2.75, 3.05) is 13.2 Å². The summed E-state index contributed by atoms with van der Waals surface area (Å²) < 4.78 is 2.17. The van der Waals surface area contributed by atoms with E-state index in [9.17, 15) is 5.11 Å². The third kappa shape index (κ3) is 3.52. The van der Waals surface area contributed by atoms with E-state index in [-0.39, 0.29) is 18.7 Å². The number of thiocarbonyl (C=S) groups is 1. The SMILES string of the molecule is Cc1cc([C@H]2[C@H](c3ccccn3)NC(=S)N2CCO)c(C)n1-c1ccccc1Cl. The highest BCUT2D eigenvalue weighted by Crippen LogP contribution is 2.41. The van der Waals surface area contributed by atoms with Gasteiger partial charge in [0, 0.05) is 24.1 Å². The second kappa shape index (κ2) is 8.14. The lowest BCUT2D eigenvalue weighted by Crippen LogP contribution is -2.32. The number of pyridine rings is 1. The molecular formula is C22H23ClN4OS. The van der Waals surface area contributed by atoms with E-state index < -0.39 is 0 Å². The van der Waals surface area contributed by atoms with Crippen molar-refractivity contribution in [2.24, 2.45) is 0 Å². The van der Waals surface area contributed by atoms with Gasteiger partial charge in [-0.15, -0.1) is 0 Å². The molecule has 2 aromatic heterocycles. The van der Waals surface area contributed by atoms with E-state index in [1.807, 2.05) is 47.4 Å². The Hall–Kier alpha value is -2.41. The number of β-amino-alcohol motifs (C(OH)–C–C–N with tert-alkyl or cyclic N) is 1. The van der Waals surface area contributed by atoms with Gasteiger partial charge in [-0.25, -0.2) is 0 Å². The molecule has 2 atom stereocenters. The molecule has 29 heavy (non-hydrogen) atoms. The second-order valence-corrected chi connectivity index (χ2v) is 7.95. The first-order valence-corrected chi connectivity index (χ1v) is 10.3. The predicted molar refractivity (Wildman–Crippen MR) is 119 cm³/mol. The van der Waals surface area contributed by atoms with Gasteiger partial charge in [0.1, 0.15) is 0 Å². The minimum Gasteiger partial charge on any atom is -0.395 e. The van der Waals surface area contributed by atoms with E-state index >= 15 is 0 Å². The lowest BCUT2D eigenvalue weighted by Gasteiger charge is -2.27. The molecule has 0 saturated carbocycles. The molecule has 1 aliphatic rings. The molecule has 0 amide bonds. The van der Waals surface area contributed by atoms with Crippen LogP contribution in [-0.4, -0.2) is 37.8 Å². The number of hydrogen-bond donors (Lipinski definition) is 2. The quantitative estimate of drug-likeness (QED) is 0.601. The highest BCUT2D eigenvalue weighted by Gasteiger charge is 2.41. The van der Waals surface area contributed by atoms with Crippen LogP contribution in [0.25, 0.3) is 5.69 Å². The number of hydrogen-bond acceptors (Lipinski definition) is 3. The number of rotatable bonds is 5. The molecule has 1 saturated heterocycles. The molecule has 2 N–H and O–H groups in total. The van der Waals surface area contributed by atoms with Crippen LogP contribution in [0, 0.1) is 13.8 Å². The van der Waals surface area contributed by atoms with Gasteiger partial charge in [-0.3, -0.25) is 4.98 Å². The summed E-state index contributed by atoms with van der Waals surface area (Å²) >= 11 is 12.1. The molecule has 4 rings (SSSR count). The fraction of sp³-hybridized carbons (Fsp3) is 0.273. The minimum atomic E-state index is -0.101. The zero-order chi connectivity index (χ0) is 20.5. The van der Waals surface area contributed by atoms with Crippen molar-refractivity contribution < 1.29 is 5.11 Å². The highest BCUT2D eigenvalue weighted by atomic mass is 35.5. The number of halogens is 1. The van der Waals surface area contributed by atoms with Crippen molar-refractivity contribution in [2.45, 2.75) is 25.9 Å². The Morgan fingerprint density at radius 3 is 2.62 bits per heavy atom. The summed E-state index contributed by atoms with van der Waals surface area (Å²) in [5, 5.41) is 14.4. The molecule has 5 nitrogen and oxygen atoms in total. The fourth-order valence-corrected chi connectivity index (χ4v) is 4.74. The van der Waals surface area contributed by atoms with Crippen molar-refractivity contribution in [3.63, 3.8) is 0 Å². The number of nitrogens with zero attached hydrogens (tertiary/aromatic N) is 3. The van der Waals surface area contributed by atoms with Crippen molar-refractivity contribution in [3.8, 4) is 5.69 Å². The molecule has 0 bridgehead atoms. The fourth-order valence-electron chi connectivity index (χ4n) is 4.18. The zero-order valence-electron chi connectivity index (χ0n) is 16.3. The van der Waals surface area contributed by atoms with Crippen LogP contribution < -0.4 is 5.32 Å². The Morgan fingerprint density at radius 2 is 1.93 bits per heavy atom. The van der Waals surface area contributed by atoms with E-state index in [2.05, 4.69) is 34.8 Å².